The molecular formula is C10H17NO. The van der Waals surface area contributed by atoms with E-state index in [4.69, 9.17) is 10.00 Å². The van der Waals surface area contributed by atoms with Gasteiger partial charge in [0.15, 0.2) is 0 Å². The molecule has 0 aromatic carbocycles. The van der Waals surface area contributed by atoms with E-state index in [9.17, 15) is 0 Å². The van der Waals surface area contributed by atoms with Crippen LogP contribution in [0.5, 0.6) is 0 Å². The molecule has 0 atom stereocenters. The van der Waals surface area contributed by atoms with Crippen molar-refractivity contribution in [2.45, 2.75) is 33.1 Å². The topological polar surface area (TPSA) is 33.0 Å². The fourth-order valence-electron chi connectivity index (χ4n) is 1.94. The Morgan fingerprint density at radius 2 is 2.17 bits per heavy atom. The van der Waals surface area contributed by atoms with E-state index < -0.39 is 0 Å². The highest BCUT2D eigenvalue weighted by Crippen LogP contribution is 2.38. The average Bonchev–Trinajstić information content (AvgIpc) is 1.94. The van der Waals surface area contributed by atoms with Gasteiger partial charge in [-0.1, -0.05) is 13.8 Å². The van der Waals surface area contributed by atoms with Crippen molar-refractivity contribution in [3.05, 3.63) is 0 Å². The lowest BCUT2D eigenvalue weighted by Crippen LogP contribution is -2.43. The summed E-state index contributed by atoms with van der Waals surface area (Å²) in [6.07, 6.45) is 2.90. The van der Waals surface area contributed by atoms with Gasteiger partial charge in [-0.05, 0) is 18.8 Å². The van der Waals surface area contributed by atoms with Crippen molar-refractivity contribution < 1.29 is 4.74 Å². The van der Waals surface area contributed by atoms with E-state index in [1.165, 1.54) is 6.42 Å². The van der Waals surface area contributed by atoms with E-state index in [0.717, 1.165) is 19.6 Å². The van der Waals surface area contributed by atoms with Gasteiger partial charge in [0.25, 0.3) is 0 Å². The summed E-state index contributed by atoms with van der Waals surface area (Å²) >= 11 is 0. The first-order chi connectivity index (χ1) is 5.68. The van der Waals surface area contributed by atoms with Crippen LogP contribution in [-0.2, 0) is 4.74 Å². The molecule has 0 aliphatic carbocycles. The van der Waals surface area contributed by atoms with Crippen LogP contribution in [0.3, 0.4) is 0 Å². The Kier molecular flexibility index (Phi) is 3.11. The molecule has 0 bridgehead atoms. The van der Waals surface area contributed by atoms with E-state index in [0.29, 0.717) is 17.8 Å². The molecule has 0 aromatic rings. The van der Waals surface area contributed by atoms with Crippen LogP contribution >= 0.6 is 0 Å². The van der Waals surface area contributed by atoms with E-state index in [1.54, 1.807) is 0 Å². The molecule has 2 heteroatoms. The summed E-state index contributed by atoms with van der Waals surface area (Å²) in [4.78, 5) is 0. The summed E-state index contributed by atoms with van der Waals surface area (Å²) in [5, 5.41) is 8.49. The lowest BCUT2D eigenvalue weighted by atomic mass is 9.75. The number of nitrogens with zero attached hydrogens (tertiary/aromatic N) is 1. The smallest absolute Gasteiger partial charge is 0.0621 e. The molecule has 2 nitrogen and oxygen atoms in total. The minimum absolute atomic E-state index is 0.351. The number of rotatable bonds is 4. The maximum atomic E-state index is 8.49. The van der Waals surface area contributed by atoms with Gasteiger partial charge in [-0.15, -0.1) is 0 Å². The molecular weight excluding hydrogens is 150 g/mol. The molecule has 0 amide bonds. The van der Waals surface area contributed by atoms with Gasteiger partial charge in [0.2, 0.25) is 0 Å². The quantitative estimate of drug-likeness (QED) is 0.644. The summed E-state index contributed by atoms with van der Waals surface area (Å²) in [5.41, 5.74) is 0.351. The molecule has 0 saturated carbocycles. The van der Waals surface area contributed by atoms with Crippen molar-refractivity contribution in [2.24, 2.45) is 11.3 Å². The first-order valence-corrected chi connectivity index (χ1v) is 4.63. The van der Waals surface area contributed by atoms with Crippen LogP contribution in [0, 0.1) is 22.7 Å². The molecule has 1 saturated heterocycles. The number of ether oxygens (including phenoxy) is 1. The van der Waals surface area contributed by atoms with Crippen LogP contribution in [0.1, 0.15) is 33.1 Å². The van der Waals surface area contributed by atoms with Crippen LogP contribution in [0.15, 0.2) is 0 Å². The summed E-state index contributed by atoms with van der Waals surface area (Å²) in [7, 11) is 0. The van der Waals surface area contributed by atoms with Crippen LogP contribution in [-0.4, -0.2) is 13.2 Å². The highest BCUT2D eigenvalue weighted by Gasteiger charge is 2.38. The second-order valence-electron chi connectivity index (χ2n) is 4.25. The first-order valence-electron chi connectivity index (χ1n) is 4.63. The van der Waals surface area contributed by atoms with Crippen molar-refractivity contribution >= 4 is 0 Å². The molecule has 1 heterocycles. The van der Waals surface area contributed by atoms with Crippen molar-refractivity contribution in [3.63, 3.8) is 0 Å². The Morgan fingerprint density at radius 1 is 1.50 bits per heavy atom. The molecule has 0 radical (unpaired) electrons. The SMILES string of the molecule is CC(C)CC1(CCC#N)COC1. The van der Waals surface area contributed by atoms with Crippen LogP contribution in [0.2, 0.25) is 0 Å². The van der Waals surface area contributed by atoms with Gasteiger partial charge in [-0.2, -0.15) is 5.26 Å². The lowest BCUT2D eigenvalue weighted by molar-refractivity contribution is -0.126. The van der Waals surface area contributed by atoms with Crippen LogP contribution < -0.4 is 0 Å². The second-order valence-corrected chi connectivity index (χ2v) is 4.25. The normalized spacial score (nSPS) is 20.2. The zero-order chi connectivity index (χ0) is 9.03. The Labute approximate surface area is 74.5 Å². The molecule has 1 fully saturated rings. The van der Waals surface area contributed by atoms with Gasteiger partial charge in [0, 0.05) is 11.8 Å². The molecule has 1 rings (SSSR count). The van der Waals surface area contributed by atoms with E-state index >= 15 is 0 Å². The predicted molar refractivity (Wildman–Crippen MR) is 47.6 cm³/mol. The molecule has 1 aliphatic heterocycles. The van der Waals surface area contributed by atoms with Gasteiger partial charge in [-0.25, -0.2) is 0 Å². The fourth-order valence-corrected chi connectivity index (χ4v) is 1.94. The summed E-state index contributed by atoms with van der Waals surface area (Å²) in [5.74, 6) is 0.715. The maximum absolute atomic E-state index is 8.49. The minimum Gasteiger partial charge on any atom is -0.380 e. The van der Waals surface area contributed by atoms with Crippen molar-refractivity contribution in [2.75, 3.05) is 13.2 Å². The number of nitriles is 1. The highest BCUT2D eigenvalue weighted by molar-refractivity contribution is 4.89. The standard InChI is InChI=1S/C10H17NO/c1-9(2)6-10(4-3-5-11)7-12-8-10/h9H,3-4,6-8H2,1-2H3. The predicted octanol–water partition coefficient (Wildman–Crippen LogP) is 2.35. The Bertz CT molecular complexity index is 177. The second kappa shape index (κ2) is 3.91. The summed E-state index contributed by atoms with van der Waals surface area (Å²) in [6.45, 7) is 6.19. The summed E-state index contributed by atoms with van der Waals surface area (Å²) in [6, 6.07) is 2.21. The zero-order valence-electron chi connectivity index (χ0n) is 7.97. The third-order valence-electron chi connectivity index (χ3n) is 2.42. The van der Waals surface area contributed by atoms with E-state index in [-0.39, 0.29) is 0 Å². The molecule has 1 aliphatic rings. The minimum atomic E-state index is 0.351. The van der Waals surface area contributed by atoms with Crippen molar-refractivity contribution in [1.82, 2.24) is 0 Å². The van der Waals surface area contributed by atoms with E-state index in [1.807, 2.05) is 0 Å². The number of hydrogen-bond donors (Lipinski definition) is 0. The highest BCUT2D eigenvalue weighted by atomic mass is 16.5. The Balaban J connectivity index is 2.35. The Morgan fingerprint density at radius 3 is 2.50 bits per heavy atom. The monoisotopic (exact) mass is 167 g/mol. The van der Waals surface area contributed by atoms with Gasteiger partial charge in [0.05, 0.1) is 19.3 Å². The van der Waals surface area contributed by atoms with Crippen molar-refractivity contribution in [1.29, 1.82) is 5.26 Å². The van der Waals surface area contributed by atoms with Gasteiger partial charge >= 0.3 is 0 Å². The van der Waals surface area contributed by atoms with Gasteiger partial charge in [-0.3, -0.25) is 0 Å². The molecule has 12 heavy (non-hydrogen) atoms. The van der Waals surface area contributed by atoms with Gasteiger partial charge in [0.1, 0.15) is 0 Å². The third-order valence-corrected chi connectivity index (χ3v) is 2.42. The Hall–Kier alpha value is -0.550. The van der Waals surface area contributed by atoms with Crippen LogP contribution in [0.25, 0.3) is 0 Å². The van der Waals surface area contributed by atoms with E-state index in [2.05, 4.69) is 19.9 Å². The fraction of sp³-hybridized carbons (Fsp3) is 0.900. The van der Waals surface area contributed by atoms with Crippen LogP contribution in [0.4, 0.5) is 0 Å². The average molecular weight is 167 g/mol. The first kappa shape index (κ1) is 9.54. The maximum Gasteiger partial charge on any atom is 0.0621 e. The molecule has 0 aromatic heterocycles. The molecule has 0 spiro atoms. The molecule has 68 valence electrons. The third kappa shape index (κ3) is 2.22. The summed E-state index contributed by atoms with van der Waals surface area (Å²) < 4.78 is 5.23. The molecule has 0 unspecified atom stereocenters. The zero-order valence-corrected chi connectivity index (χ0v) is 7.97. The van der Waals surface area contributed by atoms with Crippen molar-refractivity contribution in [3.8, 4) is 6.07 Å². The number of hydrogen-bond acceptors (Lipinski definition) is 2. The van der Waals surface area contributed by atoms with Gasteiger partial charge < -0.3 is 4.74 Å². The molecule has 0 N–H and O–H groups in total. The lowest BCUT2D eigenvalue weighted by Gasteiger charge is -2.42. The largest absolute Gasteiger partial charge is 0.380 e.